The average Bonchev–Trinajstić information content (AvgIpc) is 3.31. The van der Waals surface area contributed by atoms with Crippen LogP contribution in [-0.2, 0) is 19.1 Å². The minimum absolute atomic E-state index is 0.00697. The number of Topliss-reactive ketones (excluding diaryl/α,β-unsaturated/α-hetero) is 1. The Balaban J connectivity index is 1.29. The van der Waals surface area contributed by atoms with Gasteiger partial charge in [-0.05, 0) is 64.7 Å². The number of alkyl carbamates (subject to hydrolysis) is 1. The lowest BCUT2D eigenvalue weighted by Gasteiger charge is -2.62. The van der Waals surface area contributed by atoms with E-state index in [-0.39, 0.29) is 36.2 Å². The number of fused-ring (bicyclic) bond motifs is 4. The molecule has 0 spiro atoms. The summed E-state index contributed by atoms with van der Waals surface area (Å²) in [6.07, 6.45) is 6.37. The molecule has 2 N–H and O–H groups in total. The molecule has 6 aliphatic rings. The van der Waals surface area contributed by atoms with Crippen molar-refractivity contribution < 1.29 is 33.4 Å². The third-order valence-electron chi connectivity index (χ3n) is 10.1. The maximum atomic E-state index is 16.2. The van der Waals surface area contributed by atoms with Crippen LogP contribution in [-0.4, -0.2) is 94.0 Å². The molecule has 3 aliphatic heterocycles. The number of carboxylic acids is 1. The van der Waals surface area contributed by atoms with Crippen molar-refractivity contribution >= 4 is 17.8 Å². The number of ether oxygens (including phenoxy) is 2. The zero-order valence-corrected chi connectivity index (χ0v) is 23.2. The van der Waals surface area contributed by atoms with E-state index >= 15 is 4.39 Å². The van der Waals surface area contributed by atoms with Crippen molar-refractivity contribution in [1.82, 2.24) is 15.1 Å². The highest BCUT2D eigenvalue weighted by Crippen LogP contribution is 2.51. The lowest BCUT2D eigenvalue weighted by atomic mass is 9.64. The smallest absolute Gasteiger partial charge is 0.407 e. The van der Waals surface area contributed by atoms with Crippen molar-refractivity contribution in [3.8, 4) is 0 Å². The lowest BCUT2D eigenvalue weighted by Crippen LogP contribution is -2.74. The monoisotopic (exact) mass is 547 g/mol. The van der Waals surface area contributed by atoms with Crippen LogP contribution in [0.1, 0.15) is 72.1 Å². The lowest BCUT2D eigenvalue weighted by molar-refractivity contribution is -0.231. The highest BCUT2D eigenvalue weighted by Gasteiger charge is 2.61. The fourth-order valence-corrected chi connectivity index (χ4v) is 8.57. The number of likely N-dealkylation sites (tertiary alicyclic amines) is 1. The topological polar surface area (TPSA) is 108 Å². The normalized spacial score (nSPS) is 42.1. The van der Waals surface area contributed by atoms with Crippen molar-refractivity contribution in [2.75, 3.05) is 13.1 Å². The molecule has 0 bridgehead atoms. The van der Waals surface area contributed by atoms with E-state index in [1.54, 1.807) is 6.20 Å². The van der Waals surface area contributed by atoms with E-state index in [0.29, 0.717) is 31.3 Å². The molecule has 0 aromatic rings. The number of nitrogens with one attached hydrogen (secondary N) is 1. The van der Waals surface area contributed by atoms with Gasteiger partial charge in [-0.1, -0.05) is 19.3 Å². The quantitative estimate of drug-likeness (QED) is 0.519. The summed E-state index contributed by atoms with van der Waals surface area (Å²) >= 11 is 0. The predicted octanol–water partition coefficient (Wildman–Crippen LogP) is 3.27. The Morgan fingerprint density at radius 3 is 2.62 bits per heavy atom. The summed E-state index contributed by atoms with van der Waals surface area (Å²) in [6, 6.07) is -1.10. The molecule has 9 nitrogen and oxygen atoms in total. The zero-order chi connectivity index (χ0) is 27.6. The second-order valence-electron chi connectivity index (χ2n) is 13.5. The predicted molar refractivity (Wildman–Crippen MR) is 140 cm³/mol. The summed E-state index contributed by atoms with van der Waals surface area (Å²) in [5.41, 5.74) is -0.831. The number of hydrogen-bond acceptors (Lipinski definition) is 7. The summed E-state index contributed by atoms with van der Waals surface area (Å²) in [4.78, 5) is 41.9. The van der Waals surface area contributed by atoms with Gasteiger partial charge in [-0.3, -0.25) is 9.69 Å². The molecule has 216 valence electrons. The highest BCUT2D eigenvalue weighted by molar-refractivity contribution is 6.18. The van der Waals surface area contributed by atoms with Gasteiger partial charge in [-0.15, -0.1) is 0 Å². The summed E-state index contributed by atoms with van der Waals surface area (Å²) in [5, 5.41) is 12.8. The number of carbonyl (C=O) groups excluding carboxylic acids is 2. The van der Waals surface area contributed by atoms with E-state index in [1.165, 1.54) is 12.8 Å². The van der Waals surface area contributed by atoms with Gasteiger partial charge < -0.3 is 24.8 Å². The fourth-order valence-electron chi connectivity index (χ4n) is 8.57. The van der Waals surface area contributed by atoms with Crippen LogP contribution in [0.2, 0.25) is 0 Å². The molecule has 0 aromatic carbocycles. The number of aliphatic carboxylic acids is 1. The summed E-state index contributed by atoms with van der Waals surface area (Å²) in [5.74, 6) is -1.50. The van der Waals surface area contributed by atoms with Gasteiger partial charge in [0.15, 0.2) is 5.78 Å². The summed E-state index contributed by atoms with van der Waals surface area (Å²) in [7, 11) is 0. The first-order valence-corrected chi connectivity index (χ1v) is 14.8. The molecule has 3 aliphatic carbocycles. The standard InChI is InChI=1S/C29H42FN3O6/c1-29(2,3)39-28(37)31-16-10-11-32(13-16)23-20(30)12-18-22-26(23)38-25-17-7-5-4-6-15(17)8-9-21(25)33(22)14-19(24(18)34)27(35)36/h14-18,20-23,25-26H,4-13H2,1-3H3,(H,31,37)(H,35,36)/t15?,16-,17?,18?,20?,21?,22?,23?,25?,26?/m1/s1. The van der Waals surface area contributed by atoms with Gasteiger partial charge in [0.2, 0.25) is 0 Å². The number of carbonyl (C=O) groups is 3. The van der Waals surface area contributed by atoms with Crippen molar-refractivity contribution in [3.05, 3.63) is 11.8 Å². The highest BCUT2D eigenvalue weighted by atomic mass is 19.1. The molecule has 3 heterocycles. The van der Waals surface area contributed by atoms with Gasteiger partial charge in [0.25, 0.3) is 0 Å². The molecule has 5 fully saturated rings. The van der Waals surface area contributed by atoms with E-state index in [1.807, 2.05) is 20.8 Å². The molecule has 9 unspecified atom stereocenters. The van der Waals surface area contributed by atoms with Gasteiger partial charge in [0.05, 0.1) is 30.3 Å². The summed E-state index contributed by atoms with van der Waals surface area (Å²) in [6.45, 7) is 6.53. The van der Waals surface area contributed by atoms with Gasteiger partial charge in [-0.2, -0.15) is 0 Å². The number of ketones is 1. The van der Waals surface area contributed by atoms with Gasteiger partial charge in [0, 0.05) is 31.2 Å². The number of nitrogens with zero attached hydrogens (tertiary/aromatic N) is 2. The number of morpholine rings is 1. The maximum Gasteiger partial charge on any atom is 0.407 e. The van der Waals surface area contributed by atoms with Crippen LogP contribution in [0.3, 0.4) is 0 Å². The van der Waals surface area contributed by atoms with Crippen LogP contribution in [0.25, 0.3) is 0 Å². The molecule has 0 radical (unpaired) electrons. The van der Waals surface area contributed by atoms with Gasteiger partial charge in [0.1, 0.15) is 17.3 Å². The van der Waals surface area contributed by atoms with Crippen LogP contribution in [0.5, 0.6) is 0 Å². The molecule has 10 atom stereocenters. The zero-order valence-electron chi connectivity index (χ0n) is 23.2. The third-order valence-corrected chi connectivity index (χ3v) is 10.1. The fraction of sp³-hybridized carbons (Fsp3) is 0.828. The van der Waals surface area contributed by atoms with Crippen LogP contribution in [0, 0.1) is 17.8 Å². The maximum absolute atomic E-state index is 16.2. The van der Waals surface area contributed by atoms with E-state index < -0.39 is 47.7 Å². The number of carboxylic acid groups (broad SMARTS) is 1. The Bertz CT molecular complexity index is 1040. The number of hydrogen-bond donors (Lipinski definition) is 2. The largest absolute Gasteiger partial charge is 0.478 e. The van der Waals surface area contributed by atoms with E-state index in [0.717, 1.165) is 25.7 Å². The Morgan fingerprint density at radius 1 is 1.10 bits per heavy atom. The average molecular weight is 548 g/mol. The molecule has 6 rings (SSSR count). The molecular formula is C29H42FN3O6. The van der Waals surface area contributed by atoms with E-state index in [9.17, 15) is 19.5 Å². The Hall–Kier alpha value is -2.20. The van der Waals surface area contributed by atoms with Crippen molar-refractivity contribution in [2.24, 2.45) is 17.8 Å². The Morgan fingerprint density at radius 2 is 1.87 bits per heavy atom. The number of halogens is 1. The van der Waals surface area contributed by atoms with Crippen LogP contribution >= 0.6 is 0 Å². The molecule has 3 saturated carbocycles. The van der Waals surface area contributed by atoms with Gasteiger partial charge in [-0.25, -0.2) is 14.0 Å². The second-order valence-corrected chi connectivity index (χ2v) is 13.5. The molecule has 2 saturated heterocycles. The summed E-state index contributed by atoms with van der Waals surface area (Å²) < 4.78 is 28.5. The third kappa shape index (κ3) is 4.85. The molecular weight excluding hydrogens is 505 g/mol. The Labute approximate surface area is 229 Å². The van der Waals surface area contributed by atoms with Crippen molar-refractivity contribution in [2.45, 2.75) is 120 Å². The minimum atomic E-state index is -1.34. The molecule has 0 aromatic heterocycles. The number of amides is 1. The van der Waals surface area contributed by atoms with Crippen molar-refractivity contribution in [1.29, 1.82) is 0 Å². The molecule has 39 heavy (non-hydrogen) atoms. The van der Waals surface area contributed by atoms with Crippen LogP contribution < -0.4 is 5.32 Å². The van der Waals surface area contributed by atoms with Crippen LogP contribution in [0.4, 0.5) is 9.18 Å². The first kappa shape index (κ1) is 27.0. The SMILES string of the molecule is CC(C)(C)OC(=O)N[C@@H]1CCN(C2C(F)CC3C(=O)C(C(=O)O)=CN4C5CCC6CCCCC6C5OC2C34)C1. The van der Waals surface area contributed by atoms with E-state index in [4.69, 9.17) is 9.47 Å². The molecule has 1 amide bonds. The second kappa shape index (κ2) is 10.0. The van der Waals surface area contributed by atoms with Gasteiger partial charge >= 0.3 is 12.1 Å². The first-order valence-electron chi connectivity index (χ1n) is 14.8. The minimum Gasteiger partial charge on any atom is -0.478 e. The molecule has 10 heteroatoms. The number of rotatable bonds is 3. The Kier molecular flexibility index (Phi) is 6.93. The van der Waals surface area contributed by atoms with Crippen LogP contribution in [0.15, 0.2) is 11.8 Å². The number of alkyl halides is 1. The van der Waals surface area contributed by atoms with E-state index in [2.05, 4.69) is 15.1 Å². The first-order chi connectivity index (χ1) is 18.5. The van der Waals surface area contributed by atoms with Crippen molar-refractivity contribution in [3.63, 3.8) is 0 Å².